The number of carbonyl (C=O) groups is 2. The number of esters is 2. The SMILES string of the molecule is CC/C=C/C/C=C/C/C=C/C/C=C/CCCCC(=O)OC[C@H](CO[C@@H]1O[C@H](CO[C@@H]2O[C@H](CO)[C@H](O)C(O)C2O)[C@H](O)C(O)C1O)OC(=O)/C=C/C=C/CCCCCCCCCCCCC. The Labute approximate surface area is 393 Å². The smallest absolute Gasteiger partial charge is 0.331 e. The van der Waals surface area contributed by atoms with Crippen LogP contribution >= 0.6 is 0 Å². The van der Waals surface area contributed by atoms with E-state index in [4.69, 9.17) is 28.4 Å². The molecule has 0 radical (unpaired) electrons. The number of carbonyl (C=O) groups excluding carboxylic acids is 2. The highest BCUT2D eigenvalue weighted by Crippen LogP contribution is 2.26. The van der Waals surface area contributed by atoms with Gasteiger partial charge in [0.25, 0.3) is 0 Å². The zero-order chi connectivity index (χ0) is 48.2. The van der Waals surface area contributed by atoms with Gasteiger partial charge in [0.05, 0.1) is 19.8 Å². The molecule has 7 N–H and O–H groups in total. The van der Waals surface area contributed by atoms with Crippen LogP contribution in [0.5, 0.6) is 0 Å². The summed E-state index contributed by atoms with van der Waals surface area (Å²) in [7, 11) is 0. The van der Waals surface area contributed by atoms with E-state index in [-0.39, 0.29) is 13.0 Å². The van der Waals surface area contributed by atoms with Crippen LogP contribution in [0.4, 0.5) is 0 Å². The maximum atomic E-state index is 12.9. The zero-order valence-corrected chi connectivity index (χ0v) is 39.6. The fourth-order valence-electron chi connectivity index (χ4n) is 7.23. The summed E-state index contributed by atoms with van der Waals surface area (Å²) in [5, 5.41) is 71.9. The van der Waals surface area contributed by atoms with E-state index in [9.17, 15) is 45.3 Å². The quantitative estimate of drug-likeness (QED) is 0.0121. The van der Waals surface area contributed by atoms with Crippen molar-refractivity contribution < 1.29 is 73.8 Å². The van der Waals surface area contributed by atoms with Crippen LogP contribution in [0.15, 0.2) is 72.9 Å². The number of aliphatic hydroxyl groups is 7. The van der Waals surface area contributed by atoms with Gasteiger partial charge in [0.15, 0.2) is 18.7 Å². The molecule has 0 bridgehead atoms. The second-order valence-electron chi connectivity index (χ2n) is 17.0. The van der Waals surface area contributed by atoms with Crippen molar-refractivity contribution in [2.45, 2.75) is 210 Å². The van der Waals surface area contributed by atoms with Gasteiger partial charge < -0.3 is 64.2 Å². The Balaban J connectivity index is 1.89. The molecule has 2 rings (SSSR count). The molecule has 2 saturated heterocycles. The Kier molecular flexibility index (Phi) is 33.9. The summed E-state index contributed by atoms with van der Waals surface area (Å²) in [5.41, 5.74) is 0. The summed E-state index contributed by atoms with van der Waals surface area (Å²) < 4.78 is 33.3. The van der Waals surface area contributed by atoms with Crippen molar-refractivity contribution in [3.05, 3.63) is 72.9 Å². The standard InChI is InChI=1S/C51H84O15/c1-3-5-7-9-11-13-15-17-19-21-23-25-27-29-31-33-42(53)61-36-39(64-43(54)34-32-30-28-26-24-22-20-18-16-14-12-10-8-6-4-2)37-62-50-49(60)47(58)45(56)41(66-50)38-63-51-48(59)46(57)44(55)40(35-52)65-51/h5,7,11,13,17,19,23,25,28,30,32,34,39-41,44-52,55-60H,3-4,6,8-10,12,14-16,18,20-22,24,26-27,29,31,33,35-38H2,1-2H3/b7-5+,13-11+,19-17+,25-23+,30-28+,34-32+/t39-,40-,41-,44+,45+,46?,47?,48?,49?,50-,51-/m1/s1. The predicted octanol–water partition coefficient (Wildman–Crippen LogP) is 6.26. The van der Waals surface area contributed by atoms with Crippen molar-refractivity contribution in [3.63, 3.8) is 0 Å². The highest BCUT2D eigenvalue weighted by atomic mass is 16.7. The van der Waals surface area contributed by atoms with Crippen LogP contribution in [-0.2, 0) is 38.0 Å². The molecule has 2 aliphatic rings. The second-order valence-corrected chi connectivity index (χ2v) is 17.0. The maximum absolute atomic E-state index is 12.9. The Morgan fingerprint density at radius 2 is 1.06 bits per heavy atom. The summed E-state index contributed by atoms with van der Waals surface area (Å²) in [6.07, 6.45) is 27.2. The van der Waals surface area contributed by atoms with E-state index in [0.29, 0.717) is 6.42 Å². The average molecular weight is 937 g/mol. The minimum absolute atomic E-state index is 0.142. The van der Waals surface area contributed by atoms with Gasteiger partial charge in [-0.05, 0) is 57.8 Å². The first-order valence-corrected chi connectivity index (χ1v) is 24.6. The lowest BCUT2D eigenvalue weighted by Gasteiger charge is -2.42. The molecule has 4 unspecified atom stereocenters. The van der Waals surface area contributed by atoms with Crippen LogP contribution in [0, 0.1) is 0 Å². The summed E-state index contributed by atoms with van der Waals surface area (Å²) in [6, 6.07) is 0. The molecule has 2 aliphatic heterocycles. The molecule has 2 fully saturated rings. The van der Waals surface area contributed by atoms with Crippen molar-refractivity contribution in [1.82, 2.24) is 0 Å². The maximum Gasteiger partial charge on any atom is 0.331 e. The van der Waals surface area contributed by atoms with Crippen molar-refractivity contribution >= 4 is 11.9 Å². The van der Waals surface area contributed by atoms with E-state index in [1.807, 2.05) is 6.08 Å². The fraction of sp³-hybridized carbons (Fsp3) is 0.725. The molecule has 15 heteroatoms. The topological polar surface area (TPSA) is 231 Å². The van der Waals surface area contributed by atoms with Gasteiger partial charge in [0.1, 0.15) is 55.4 Å². The third-order valence-electron chi connectivity index (χ3n) is 11.3. The van der Waals surface area contributed by atoms with Crippen molar-refractivity contribution in [2.75, 3.05) is 26.4 Å². The van der Waals surface area contributed by atoms with E-state index >= 15 is 0 Å². The summed E-state index contributed by atoms with van der Waals surface area (Å²) in [5.74, 6) is -1.23. The Morgan fingerprint density at radius 3 is 1.67 bits per heavy atom. The van der Waals surface area contributed by atoms with Crippen LogP contribution in [0.3, 0.4) is 0 Å². The monoisotopic (exact) mass is 937 g/mol. The lowest BCUT2D eigenvalue weighted by molar-refractivity contribution is -0.332. The lowest BCUT2D eigenvalue weighted by Crippen LogP contribution is -2.61. The summed E-state index contributed by atoms with van der Waals surface area (Å²) in [6.45, 7) is 2.29. The van der Waals surface area contributed by atoms with Gasteiger partial charge in [-0.3, -0.25) is 4.79 Å². The van der Waals surface area contributed by atoms with Gasteiger partial charge in [0, 0.05) is 12.5 Å². The molecule has 0 amide bonds. The molecule has 11 atom stereocenters. The lowest BCUT2D eigenvalue weighted by atomic mass is 9.98. The predicted molar refractivity (Wildman–Crippen MR) is 252 cm³/mol. The Morgan fingerprint density at radius 1 is 0.545 bits per heavy atom. The number of hydrogen-bond donors (Lipinski definition) is 7. The van der Waals surface area contributed by atoms with Gasteiger partial charge in [-0.2, -0.15) is 0 Å². The number of rotatable bonds is 36. The number of hydrogen-bond acceptors (Lipinski definition) is 15. The second kappa shape index (κ2) is 37.9. The molecular formula is C51H84O15. The van der Waals surface area contributed by atoms with E-state index in [1.54, 1.807) is 12.2 Å². The van der Waals surface area contributed by atoms with Crippen LogP contribution in [0.25, 0.3) is 0 Å². The van der Waals surface area contributed by atoms with Crippen LogP contribution in [0.2, 0.25) is 0 Å². The molecule has 378 valence electrons. The van der Waals surface area contributed by atoms with E-state index in [0.717, 1.165) is 57.8 Å². The molecule has 15 nitrogen and oxygen atoms in total. The molecule has 0 aromatic carbocycles. The molecule has 66 heavy (non-hydrogen) atoms. The third kappa shape index (κ3) is 25.9. The number of allylic oxidation sites excluding steroid dienone is 11. The van der Waals surface area contributed by atoms with Gasteiger partial charge in [-0.25, -0.2) is 4.79 Å². The van der Waals surface area contributed by atoms with E-state index in [2.05, 4.69) is 62.5 Å². The highest BCUT2D eigenvalue weighted by molar-refractivity contribution is 5.82. The van der Waals surface area contributed by atoms with Crippen LogP contribution < -0.4 is 0 Å². The largest absolute Gasteiger partial charge is 0.462 e. The van der Waals surface area contributed by atoms with Gasteiger partial charge in [0.2, 0.25) is 0 Å². The van der Waals surface area contributed by atoms with Crippen LogP contribution in [0.1, 0.15) is 142 Å². The number of ether oxygens (including phenoxy) is 6. The minimum atomic E-state index is -1.79. The molecule has 0 spiro atoms. The molecule has 0 aliphatic carbocycles. The molecule has 0 aromatic heterocycles. The fourth-order valence-corrected chi connectivity index (χ4v) is 7.23. The Bertz CT molecular complexity index is 1430. The normalized spacial score (nSPS) is 26.8. The number of unbranched alkanes of at least 4 members (excludes halogenated alkanes) is 13. The first-order valence-electron chi connectivity index (χ1n) is 24.6. The third-order valence-corrected chi connectivity index (χ3v) is 11.3. The molecule has 2 heterocycles. The molecule has 0 aromatic rings. The minimum Gasteiger partial charge on any atom is -0.462 e. The first kappa shape index (κ1) is 59.1. The van der Waals surface area contributed by atoms with Crippen molar-refractivity contribution in [1.29, 1.82) is 0 Å². The van der Waals surface area contributed by atoms with Gasteiger partial charge >= 0.3 is 11.9 Å². The van der Waals surface area contributed by atoms with E-state index in [1.165, 1.54) is 63.9 Å². The zero-order valence-electron chi connectivity index (χ0n) is 39.6. The summed E-state index contributed by atoms with van der Waals surface area (Å²) in [4.78, 5) is 25.6. The van der Waals surface area contributed by atoms with E-state index < -0.39 is 99.3 Å². The van der Waals surface area contributed by atoms with Gasteiger partial charge in [-0.1, -0.05) is 145 Å². The highest BCUT2D eigenvalue weighted by Gasteiger charge is 2.47. The van der Waals surface area contributed by atoms with Crippen molar-refractivity contribution in [2.24, 2.45) is 0 Å². The van der Waals surface area contributed by atoms with Crippen molar-refractivity contribution in [3.8, 4) is 0 Å². The number of aliphatic hydroxyl groups excluding tert-OH is 7. The van der Waals surface area contributed by atoms with Gasteiger partial charge in [-0.15, -0.1) is 0 Å². The Hall–Kier alpha value is -3.06. The van der Waals surface area contributed by atoms with Crippen LogP contribution in [-0.4, -0.2) is 142 Å². The molecule has 0 saturated carbocycles. The summed E-state index contributed by atoms with van der Waals surface area (Å²) >= 11 is 0. The average Bonchev–Trinajstić information content (AvgIpc) is 3.31. The molecular weight excluding hydrogens is 853 g/mol. The first-order chi connectivity index (χ1) is 32.0.